The van der Waals surface area contributed by atoms with E-state index in [4.69, 9.17) is 0 Å². The van der Waals surface area contributed by atoms with Crippen LogP contribution in [0.25, 0.3) is 0 Å². The van der Waals surface area contributed by atoms with Crippen LogP contribution < -0.4 is 5.32 Å². The molecule has 0 fully saturated rings. The normalized spacial score (nSPS) is 13.4. The Morgan fingerprint density at radius 3 is 2.29 bits per heavy atom. The van der Waals surface area contributed by atoms with Crippen molar-refractivity contribution in [2.24, 2.45) is 0 Å². The summed E-state index contributed by atoms with van der Waals surface area (Å²) >= 11 is 5.03. The first kappa shape index (κ1) is 16.4. The molecule has 0 saturated carbocycles. The van der Waals surface area contributed by atoms with Crippen LogP contribution in [0.2, 0.25) is 0 Å². The predicted molar refractivity (Wildman–Crippen MR) is 83.7 cm³/mol. The van der Waals surface area contributed by atoms with Crippen molar-refractivity contribution in [2.75, 3.05) is 5.32 Å². The van der Waals surface area contributed by atoms with Crippen LogP contribution in [-0.4, -0.2) is 14.2 Å². The maximum absolute atomic E-state index is 12.4. The lowest BCUT2D eigenvalue weighted by Crippen LogP contribution is -2.11. The molecule has 1 atom stereocenters. The Labute approximate surface area is 134 Å². The van der Waals surface area contributed by atoms with Gasteiger partial charge in [0.15, 0.2) is 0 Å². The number of hydrogen-bond acceptors (Lipinski definition) is 4. The first-order valence-corrected chi connectivity index (χ1v) is 9.16. The van der Waals surface area contributed by atoms with Crippen LogP contribution in [-0.2, 0) is 9.84 Å². The summed E-state index contributed by atoms with van der Waals surface area (Å²) < 4.78 is 48.5. The number of rotatable bonds is 5. The second kappa shape index (κ2) is 6.41. The molecule has 1 N–H and O–H groups in total. The van der Waals surface area contributed by atoms with Gasteiger partial charge in [0.2, 0.25) is 9.84 Å². The molecule has 8 heteroatoms. The predicted octanol–water partition coefficient (Wildman–Crippen LogP) is 4.68. The van der Waals surface area contributed by atoms with Crippen LogP contribution in [0.15, 0.2) is 45.1 Å². The largest absolute Gasteiger partial charge is 0.378 e. The molecule has 2 rings (SSSR count). The van der Waals surface area contributed by atoms with E-state index in [1.807, 2.05) is 18.4 Å². The Morgan fingerprint density at radius 2 is 1.81 bits per heavy atom. The van der Waals surface area contributed by atoms with Crippen LogP contribution in [0.1, 0.15) is 17.8 Å². The molecule has 21 heavy (non-hydrogen) atoms. The van der Waals surface area contributed by atoms with Gasteiger partial charge in [-0.05, 0) is 58.6 Å². The third-order valence-corrected chi connectivity index (χ3v) is 6.29. The fourth-order valence-corrected chi connectivity index (χ4v) is 4.22. The molecule has 1 heterocycles. The summed E-state index contributed by atoms with van der Waals surface area (Å²) in [5.41, 5.74) is 0.663. The van der Waals surface area contributed by atoms with E-state index in [0.29, 0.717) is 5.69 Å². The Kier molecular flexibility index (Phi) is 5.00. The molecule has 0 aliphatic carbocycles. The Hall–Kier alpha value is -0.990. The third-order valence-electron chi connectivity index (χ3n) is 2.84. The second-order valence-corrected chi connectivity index (χ2v) is 8.05. The SMILES string of the molecule is CC(Nc1ccc(S(=O)(=O)C(F)F)cc1)c1sccc1Br. The van der Waals surface area contributed by atoms with E-state index >= 15 is 0 Å². The lowest BCUT2D eigenvalue weighted by atomic mass is 10.2. The molecule has 0 bridgehead atoms. The summed E-state index contributed by atoms with van der Waals surface area (Å²) in [6.45, 7) is 1.96. The van der Waals surface area contributed by atoms with Crippen molar-refractivity contribution in [1.29, 1.82) is 0 Å². The van der Waals surface area contributed by atoms with Gasteiger partial charge in [0.25, 0.3) is 0 Å². The summed E-state index contributed by atoms with van der Waals surface area (Å²) in [7, 11) is -4.54. The van der Waals surface area contributed by atoms with E-state index in [1.165, 1.54) is 24.3 Å². The number of sulfone groups is 1. The lowest BCUT2D eigenvalue weighted by molar-refractivity contribution is 0.234. The van der Waals surface area contributed by atoms with Crippen molar-refractivity contribution in [3.63, 3.8) is 0 Å². The van der Waals surface area contributed by atoms with Crippen LogP contribution in [0.5, 0.6) is 0 Å². The van der Waals surface area contributed by atoms with E-state index in [1.54, 1.807) is 11.3 Å². The van der Waals surface area contributed by atoms with Crippen molar-refractivity contribution < 1.29 is 17.2 Å². The summed E-state index contributed by atoms with van der Waals surface area (Å²) in [6, 6.07) is 7.27. The van der Waals surface area contributed by atoms with Gasteiger partial charge in [-0.1, -0.05) is 0 Å². The van der Waals surface area contributed by atoms with Gasteiger partial charge >= 0.3 is 5.76 Å². The zero-order valence-electron chi connectivity index (χ0n) is 10.9. The molecule has 3 nitrogen and oxygen atoms in total. The highest BCUT2D eigenvalue weighted by Gasteiger charge is 2.26. The zero-order valence-corrected chi connectivity index (χ0v) is 14.1. The molecule has 0 saturated heterocycles. The van der Waals surface area contributed by atoms with Crippen LogP contribution >= 0.6 is 27.3 Å². The first-order valence-electron chi connectivity index (χ1n) is 5.94. The quantitative estimate of drug-likeness (QED) is 0.799. The molecule has 1 aromatic carbocycles. The Balaban J connectivity index is 2.15. The Morgan fingerprint density at radius 1 is 1.19 bits per heavy atom. The highest BCUT2D eigenvalue weighted by atomic mass is 79.9. The van der Waals surface area contributed by atoms with Gasteiger partial charge < -0.3 is 5.32 Å². The Bertz CT molecular complexity index is 714. The van der Waals surface area contributed by atoms with Gasteiger partial charge in [-0.3, -0.25) is 0 Å². The summed E-state index contributed by atoms with van der Waals surface area (Å²) in [6.07, 6.45) is 0. The van der Waals surface area contributed by atoms with Gasteiger partial charge in [-0.15, -0.1) is 11.3 Å². The molecular formula is C13H12BrF2NO2S2. The number of nitrogens with one attached hydrogen (secondary N) is 1. The monoisotopic (exact) mass is 395 g/mol. The van der Waals surface area contributed by atoms with E-state index in [-0.39, 0.29) is 10.9 Å². The summed E-state index contributed by atoms with van der Waals surface area (Å²) in [4.78, 5) is 0.715. The highest BCUT2D eigenvalue weighted by molar-refractivity contribution is 9.10. The van der Waals surface area contributed by atoms with E-state index in [0.717, 1.165) is 9.35 Å². The molecule has 0 aliphatic rings. The zero-order chi connectivity index (χ0) is 15.6. The molecule has 1 aromatic heterocycles. The number of alkyl halides is 2. The fourth-order valence-electron chi connectivity index (χ4n) is 1.77. The molecule has 114 valence electrons. The lowest BCUT2D eigenvalue weighted by Gasteiger charge is -2.15. The standard InChI is InChI=1S/C13H12BrF2NO2S2/c1-8(12-11(14)6-7-20-12)17-9-2-4-10(5-3-9)21(18,19)13(15)16/h2-8,13,17H,1H3. The number of thiophene rings is 1. The van der Waals surface area contributed by atoms with Crippen molar-refractivity contribution in [3.8, 4) is 0 Å². The van der Waals surface area contributed by atoms with E-state index in [9.17, 15) is 17.2 Å². The minimum Gasteiger partial charge on any atom is -0.378 e. The molecule has 0 aliphatic heterocycles. The van der Waals surface area contributed by atoms with E-state index < -0.39 is 15.6 Å². The summed E-state index contributed by atoms with van der Waals surface area (Å²) in [5.74, 6) is -3.41. The van der Waals surface area contributed by atoms with Crippen molar-refractivity contribution >= 4 is 42.8 Å². The molecule has 2 aromatic rings. The molecule has 0 radical (unpaired) electrons. The van der Waals surface area contributed by atoms with Crippen LogP contribution in [0, 0.1) is 0 Å². The van der Waals surface area contributed by atoms with Crippen LogP contribution in [0.4, 0.5) is 14.5 Å². The molecule has 0 spiro atoms. The molecular weight excluding hydrogens is 384 g/mol. The first-order chi connectivity index (χ1) is 9.82. The minimum absolute atomic E-state index is 0.0110. The number of hydrogen-bond donors (Lipinski definition) is 1. The van der Waals surface area contributed by atoms with Crippen molar-refractivity contribution in [1.82, 2.24) is 0 Å². The molecule has 1 unspecified atom stereocenters. The number of benzene rings is 1. The fraction of sp³-hybridized carbons (Fsp3) is 0.231. The maximum atomic E-state index is 12.4. The minimum atomic E-state index is -4.54. The van der Waals surface area contributed by atoms with E-state index in [2.05, 4.69) is 21.2 Å². The van der Waals surface area contributed by atoms with Crippen molar-refractivity contribution in [2.45, 2.75) is 23.6 Å². The number of anilines is 1. The van der Waals surface area contributed by atoms with Gasteiger partial charge in [0.1, 0.15) is 0 Å². The van der Waals surface area contributed by atoms with Gasteiger partial charge in [0, 0.05) is 15.0 Å². The molecule has 0 amide bonds. The smallest absolute Gasteiger partial charge is 0.341 e. The van der Waals surface area contributed by atoms with Gasteiger partial charge in [0.05, 0.1) is 10.9 Å². The average molecular weight is 396 g/mol. The highest BCUT2D eigenvalue weighted by Crippen LogP contribution is 2.31. The second-order valence-electron chi connectivity index (χ2n) is 4.33. The van der Waals surface area contributed by atoms with Gasteiger partial charge in [-0.2, -0.15) is 8.78 Å². The maximum Gasteiger partial charge on any atom is 0.341 e. The number of halogens is 3. The van der Waals surface area contributed by atoms with Crippen molar-refractivity contribution in [3.05, 3.63) is 45.1 Å². The third kappa shape index (κ3) is 3.61. The average Bonchev–Trinajstić information content (AvgIpc) is 2.85. The topological polar surface area (TPSA) is 46.2 Å². The summed E-state index contributed by atoms with van der Waals surface area (Å²) in [5, 5.41) is 5.15. The van der Waals surface area contributed by atoms with Gasteiger partial charge in [-0.25, -0.2) is 8.42 Å². The van der Waals surface area contributed by atoms with Crippen LogP contribution in [0.3, 0.4) is 0 Å².